The maximum absolute atomic E-state index is 4.91. The lowest BCUT2D eigenvalue weighted by molar-refractivity contribution is 0.270. The van der Waals surface area contributed by atoms with Gasteiger partial charge in [-0.3, -0.25) is 4.99 Å². The number of likely N-dealkylation sites (N-methyl/N-ethyl adjacent to an activating group) is 1. The zero-order valence-corrected chi connectivity index (χ0v) is 16.9. The van der Waals surface area contributed by atoms with Crippen LogP contribution in [-0.4, -0.2) is 66.0 Å². The smallest absolute Gasteiger partial charge is 0.194 e. The van der Waals surface area contributed by atoms with Gasteiger partial charge in [0.25, 0.3) is 0 Å². The van der Waals surface area contributed by atoms with E-state index in [2.05, 4.69) is 65.3 Å². The van der Waals surface area contributed by atoms with Crippen LogP contribution in [0.3, 0.4) is 0 Å². The van der Waals surface area contributed by atoms with Crippen LogP contribution >= 0.6 is 0 Å². The number of aliphatic imine (C=N–C) groups is 1. The van der Waals surface area contributed by atoms with E-state index in [9.17, 15) is 0 Å². The second-order valence-corrected chi connectivity index (χ2v) is 7.53. The van der Waals surface area contributed by atoms with Crippen molar-refractivity contribution in [2.24, 2.45) is 10.9 Å². The number of nitrogens with zero attached hydrogens (tertiary/aromatic N) is 4. The van der Waals surface area contributed by atoms with Crippen LogP contribution in [0.25, 0.3) is 11.3 Å². The summed E-state index contributed by atoms with van der Waals surface area (Å²) >= 11 is 0. The highest BCUT2D eigenvalue weighted by molar-refractivity contribution is 5.79. The fourth-order valence-electron chi connectivity index (χ4n) is 3.37. The second kappa shape index (κ2) is 9.04. The molecule has 27 heavy (non-hydrogen) atoms. The van der Waals surface area contributed by atoms with Crippen molar-refractivity contribution < 1.29 is 0 Å². The summed E-state index contributed by atoms with van der Waals surface area (Å²) in [6, 6.07) is 10.8. The Morgan fingerprint density at radius 1 is 1.26 bits per heavy atom. The molecular weight excluding hydrogens is 336 g/mol. The number of hydrogen-bond acceptors (Lipinski definition) is 3. The van der Waals surface area contributed by atoms with E-state index in [4.69, 9.17) is 4.99 Å². The molecule has 146 valence electrons. The van der Waals surface area contributed by atoms with Crippen LogP contribution in [0.2, 0.25) is 0 Å². The van der Waals surface area contributed by atoms with Crippen molar-refractivity contribution in [2.45, 2.75) is 32.4 Å². The Morgan fingerprint density at radius 3 is 2.63 bits per heavy atom. The molecule has 6 heteroatoms. The van der Waals surface area contributed by atoms with Crippen molar-refractivity contribution >= 4 is 5.96 Å². The first-order chi connectivity index (χ1) is 13.1. The first-order valence-corrected chi connectivity index (χ1v) is 9.83. The van der Waals surface area contributed by atoms with Gasteiger partial charge in [0.2, 0.25) is 0 Å². The number of rotatable bonds is 8. The van der Waals surface area contributed by atoms with Crippen LogP contribution in [-0.2, 0) is 6.54 Å². The minimum Gasteiger partial charge on any atom is -0.357 e. The van der Waals surface area contributed by atoms with E-state index in [1.807, 2.05) is 24.4 Å². The highest BCUT2D eigenvalue weighted by atomic mass is 15.3. The Kier molecular flexibility index (Phi) is 6.50. The summed E-state index contributed by atoms with van der Waals surface area (Å²) in [5, 5.41) is 3.41. The molecule has 0 bridgehead atoms. The molecule has 0 aliphatic heterocycles. The number of nitrogens with one attached hydrogen (secondary N) is 2. The van der Waals surface area contributed by atoms with E-state index in [0.717, 1.165) is 42.0 Å². The Morgan fingerprint density at radius 2 is 2.00 bits per heavy atom. The summed E-state index contributed by atoms with van der Waals surface area (Å²) < 4.78 is 0. The van der Waals surface area contributed by atoms with Gasteiger partial charge < -0.3 is 20.1 Å². The predicted octanol–water partition coefficient (Wildman–Crippen LogP) is 2.81. The number of hydrogen-bond donors (Lipinski definition) is 2. The minimum absolute atomic E-state index is 0.528. The van der Waals surface area contributed by atoms with Gasteiger partial charge in [0.05, 0.1) is 25.0 Å². The van der Waals surface area contributed by atoms with Crippen LogP contribution in [0, 0.1) is 5.92 Å². The molecule has 2 N–H and O–H groups in total. The Balaban J connectivity index is 1.65. The third kappa shape index (κ3) is 5.32. The summed E-state index contributed by atoms with van der Waals surface area (Å²) in [5.41, 5.74) is 2.19. The molecular formula is C21H32N6. The van der Waals surface area contributed by atoms with Crippen LogP contribution in [0.4, 0.5) is 0 Å². The molecule has 1 aromatic heterocycles. The molecule has 0 saturated heterocycles. The summed E-state index contributed by atoms with van der Waals surface area (Å²) in [7, 11) is 6.38. The molecule has 1 aromatic carbocycles. The standard InChI is InChI=1S/C21H32N6/c1-5-22-21(24-14-19(26(2)3)17-11-12-17)27(4)15-20-23-13-18(25-20)16-9-7-6-8-10-16/h6-10,13,17,19H,5,11-12,14-15H2,1-4H3,(H,22,24)(H,23,25). The molecule has 1 aliphatic carbocycles. The summed E-state index contributed by atoms with van der Waals surface area (Å²) in [5.74, 6) is 2.67. The molecule has 0 amide bonds. The van der Waals surface area contributed by atoms with E-state index in [1.165, 1.54) is 12.8 Å². The van der Waals surface area contributed by atoms with Gasteiger partial charge in [-0.1, -0.05) is 30.3 Å². The molecule has 1 atom stereocenters. The Labute approximate surface area is 162 Å². The minimum atomic E-state index is 0.528. The lowest BCUT2D eigenvalue weighted by Gasteiger charge is -2.25. The lowest BCUT2D eigenvalue weighted by Crippen LogP contribution is -2.40. The van der Waals surface area contributed by atoms with Crippen molar-refractivity contribution in [2.75, 3.05) is 34.2 Å². The number of imidazole rings is 1. The first-order valence-electron chi connectivity index (χ1n) is 9.83. The fourth-order valence-corrected chi connectivity index (χ4v) is 3.37. The molecule has 1 fully saturated rings. The SMILES string of the molecule is CCNC(=NCC(C1CC1)N(C)C)N(C)Cc1ncc(-c2ccccc2)[nH]1. The van der Waals surface area contributed by atoms with Gasteiger partial charge in [-0.15, -0.1) is 0 Å². The zero-order chi connectivity index (χ0) is 19.2. The van der Waals surface area contributed by atoms with E-state index in [-0.39, 0.29) is 0 Å². The maximum Gasteiger partial charge on any atom is 0.194 e. The topological polar surface area (TPSA) is 59.6 Å². The van der Waals surface area contributed by atoms with Gasteiger partial charge in [-0.05, 0) is 45.3 Å². The number of H-pyrrole nitrogens is 1. The van der Waals surface area contributed by atoms with Crippen molar-refractivity contribution in [1.29, 1.82) is 0 Å². The molecule has 6 nitrogen and oxygen atoms in total. The number of guanidine groups is 1. The zero-order valence-electron chi connectivity index (χ0n) is 16.9. The molecule has 1 heterocycles. The highest BCUT2D eigenvalue weighted by Crippen LogP contribution is 2.34. The number of aromatic nitrogens is 2. The van der Waals surface area contributed by atoms with Gasteiger partial charge in [0, 0.05) is 19.6 Å². The van der Waals surface area contributed by atoms with Crippen molar-refractivity contribution in [3.63, 3.8) is 0 Å². The van der Waals surface area contributed by atoms with Crippen molar-refractivity contribution in [3.05, 3.63) is 42.4 Å². The molecule has 0 spiro atoms. The lowest BCUT2D eigenvalue weighted by atomic mass is 10.2. The Hall–Kier alpha value is -2.34. The quantitative estimate of drug-likeness (QED) is 0.556. The summed E-state index contributed by atoms with van der Waals surface area (Å²) in [6.45, 7) is 4.48. The van der Waals surface area contributed by atoms with Gasteiger partial charge >= 0.3 is 0 Å². The third-order valence-corrected chi connectivity index (χ3v) is 5.05. The molecule has 3 rings (SSSR count). The molecule has 2 aromatic rings. The van der Waals surface area contributed by atoms with Crippen molar-refractivity contribution in [3.8, 4) is 11.3 Å². The highest BCUT2D eigenvalue weighted by Gasteiger charge is 2.32. The second-order valence-electron chi connectivity index (χ2n) is 7.53. The molecule has 0 radical (unpaired) electrons. The van der Waals surface area contributed by atoms with Crippen molar-refractivity contribution in [1.82, 2.24) is 25.1 Å². The molecule has 1 aliphatic rings. The van der Waals surface area contributed by atoms with E-state index in [0.29, 0.717) is 12.6 Å². The average Bonchev–Trinajstić information content (AvgIpc) is 3.39. The number of aromatic amines is 1. The van der Waals surface area contributed by atoms with Crippen LogP contribution in [0.15, 0.2) is 41.5 Å². The predicted molar refractivity (Wildman–Crippen MR) is 112 cm³/mol. The van der Waals surface area contributed by atoms with Gasteiger partial charge in [0.1, 0.15) is 5.82 Å². The van der Waals surface area contributed by atoms with Gasteiger partial charge in [0.15, 0.2) is 5.96 Å². The van der Waals surface area contributed by atoms with E-state index >= 15 is 0 Å². The van der Waals surface area contributed by atoms with Crippen LogP contribution in [0.5, 0.6) is 0 Å². The first kappa shape index (κ1) is 19.4. The third-order valence-electron chi connectivity index (χ3n) is 5.05. The fraction of sp³-hybridized carbons (Fsp3) is 0.524. The summed E-state index contributed by atoms with van der Waals surface area (Å²) in [4.78, 5) is 17.3. The van der Waals surface area contributed by atoms with Gasteiger partial charge in [-0.25, -0.2) is 4.98 Å². The summed E-state index contributed by atoms with van der Waals surface area (Å²) in [6.07, 6.45) is 4.57. The monoisotopic (exact) mass is 368 g/mol. The molecule has 1 unspecified atom stereocenters. The van der Waals surface area contributed by atoms with E-state index < -0.39 is 0 Å². The number of benzene rings is 1. The Bertz CT molecular complexity index is 730. The normalized spacial score (nSPS) is 15.8. The average molecular weight is 369 g/mol. The largest absolute Gasteiger partial charge is 0.357 e. The van der Waals surface area contributed by atoms with Gasteiger partial charge in [-0.2, -0.15) is 0 Å². The van der Waals surface area contributed by atoms with Crippen LogP contribution < -0.4 is 5.32 Å². The molecule has 1 saturated carbocycles. The maximum atomic E-state index is 4.91. The van der Waals surface area contributed by atoms with E-state index in [1.54, 1.807) is 0 Å². The van der Waals surface area contributed by atoms with Crippen LogP contribution in [0.1, 0.15) is 25.6 Å².